The van der Waals surface area contributed by atoms with Crippen molar-refractivity contribution in [2.45, 2.75) is 6.42 Å². The third kappa shape index (κ3) is 4.34. The number of ketones is 1. The van der Waals surface area contributed by atoms with E-state index in [2.05, 4.69) is 18.2 Å². The van der Waals surface area contributed by atoms with Crippen molar-refractivity contribution in [1.29, 1.82) is 0 Å². The Bertz CT molecular complexity index is 1310. The minimum Gasteiger partial charge on any atom is -0.504 e. The molecule has 6 heteroatoms. The Labute approximate surface area is 196 Å². The Hall–Kier alpha value is -3.64. The number of allylic oxidation sites excluding steroid dienone is 1. The highest BCUT2D eigenvalue weighted by atomic mass is 32.2. The Balaban J connectivity index is 1.43. The fourth-order valence-corrected chi connectivity index (χ4v) is 5.15. The van der Waals surface area contributed by atoms with Gasteiger partial charge in [-0.1, -0.05) is 60.7 Å². The predicted molar refractivity (Wildman–Crippen MR) is 133 cm³/mol. The molecule has 1 unspecified atom stereocenters. The van der Waals surface area contributed by atoms with E-state index in [1.807, 2.05) is 42.5 Å². The molecule has 5 rings (SSSR count). The number of Topliss-reactive ketones (excluding diaryl/α,β-unsaturated/α-hetero) is 1. The molecule has 0 radical (unpaired) electrons. The number of aromatic hydroxyl groups is 2. The average Bonchev–Trinajstić information content (AvgIpc) is 3.01. The van der Waals surface area contributed by atoms with Crippen LogP contribution >= 0.6 is 11.8 Å². The quantitative estimate of drug-likeness (QED) is 0.419. The summed E-state index contributed by atoms with van der Waals surface area (Å²) in [6, 6.07) is 22.5. The van der Waals surface area contributed by atoms with E-state index >= 15 is 0 Å². The Morgan fingerprint density at radius 3 is 2.58 bits per heavy atom. The first-order chi connectivity index (χ1) is 16.1. The molecule has 1 aliphatic heterocycles. The van der Waals surface area contributed by atoms with Gasteiger partial charge in [-0.25, -0.2) is 4.99 Å². The molecule has 0 amide bonds. The lowest BCUT2D eigenvalue weighted by Gasteiger charge is -2.24. The largest absolute Gasteiger partial charge is 0.504 e. The number of hydrogen-bond donors (Lipinski definition) is 2. The first kappa shape index (κ1) is 21.2. The molecule has 0 fully saturated rings. The van der Waals surface area contributed by atoms with E-state index in [1.165, 1.54) is 35.5 Å². The van der Waals surface area contributed by atoms with Crippen LogP contribution in [0.15, 0.2) is 93.8 Å². The number of thioether (sulfide) groups is 1. The zero-order valence-corrected chi connectivity index (χ0v) is 18.6. The van der Waals surface area contributed by atoms with Crippen LogP contribution in [0.25, 0.3) is 0 Å². The molecule has 0 aromatic heterocycles. The van der Waals surface area contributed by atoms with Gasteiger partial charge < -0.3 is 10.2 Å². The molecule has 5 nitrogen and oxygen atoms in total. The van der Waals surface area contributed by atoms with Gasteiger partial charge in [-0.15, -0.1) is 11.8 Å². The van der Waals surface area contributed by atoms with Crippen molar-refractivity contribution in [2.24, 2.45) is 15.9 Å². The number of rotatable bonds is 5. The molecule has 3 aromatic rings. The van der Waals surface area contributed by atoms with Crippen LogP contribution in [-0.2, 0) is 6.42 Å². The van der Waals surface area contributed by atoms with Crippen LogP contribution in [0.1, 0.15) is 27.0 Å². The van der Waals surface area contributed by atoms with E-state index in [4.69, 9.17) is 9.98 Å². The Kier molecular flexibility index (Phi) is 5.84. The maximum absolute atomic E-state index is 12.8. The summed E-state index contributed by atoms with van der Waals surface area (Å²) in [5.41, 5.74) is 4.70. The molecule has 0 bridgehead atoms. The number of phenols is 2. The summed E-state index contributed by atoms with van der Waals surface area (Å²) in [6.45, 7) is 0.574. The average molecular weight is 455 g/mol. The monoisotopic (exact) mass is 454 g/mol. The molecule has 2 N–H and O–H groups in total. The number of benzene rings is 3. The van der Waals surface area contributed by atoms with Gasteiger partial charge in [0.25, 0.3) is 0 Å². The highest BCUT2D eigenvalue weighted by Gasteiger charge is 2.30. The zero-order valence-electron chi connectivity index (χ0n) is 17.8. The lowest BCUT2D eigenvalue weighted by atomic mass is 9.93. The number of fused-ring (bicyclic) bond motifs is 3. The highest BCUT2D eigenvalue weighted by Crippen LogP contribution is 2.36. The van der Waals surface area contributed by atoms with Gasteiger partial charge in [0.2, 0.25) is 0 Å². The van der Waals surface area contributed by atoms with Crippen molar-refractivity contribution in [3.05, 3.63) is 106 Å². The van der Waals surface area contributed by atoms with Gasteiger partial charge in [-0.05, 0) is 35.1 Å². The van der Waals surface area contributed by atoms with E-state index in [1.54, 1.807) is 0 Å². The summed E-state index contributed by atoms with van der Waals surface area (Å²) >= 11 is 1.49. The molecule has 1 aliphatic carbocycles. The number of nitrogens with zero attached hydrogens (tertiary/aromatic N) is 2. The lowest BCUT2D eigenvalue weighted by molar-refractivity contribution is 0.102. The molecule has 0 spiro atoms. The zero-order chi connectivity index (χ0) is 22.8. The van der Waals surface area contributed by atoms with Crippen LogP contribution < -0.4 is 0 Å². The summed E-state index contributed by atoms with van der Waals surface area (Å²) in [5.74, 6) is 0.315. The van der Waals surface area contributed by atoms with E-state index in [9.17, 15) is 15.0 Å². The highest BCUT2D eigenvalue weighted by molar-refractivity contribution is 8.03. The molecule has 33 heavy (non-hydrogen) atoms. The SMILES string of the molecule is O=C(CSC1=CCc2ccccc2C2=NC(c3ccccc3)=NCC12)c1ccc(O)c(O)c1. The first-order valence-electron chi connectivity index (χ1n) is 10.7. The molecule has 0 saturated heterocycles. The van der Waals surface area contributed by atoms with Crippen molar-refractivity contribution < 1.29 is 15.0 Å². The number of amidine groups is 1. The number of carbonyl (C=O) groups is 1. The molecule has 3 aromatic carbocycles. The van der Waals surface area contributed by atoms with Crippen LogP contribution in [0.2, 0.25) is 0 Å². The lowest BCUT2D eigenvalue weighted by Crippen LogP contribution is -2.26. The molecule has 1 heterocycles. The van der Waals surface area contributed by atoms with Crippen LogP contribution in [0.4, 0.5) is 0 Å². The van der Waals surface area contributed by atoms with Crippen molar-refractivity contribution in [1.82, 2.24) is 0 Å². The van der Waals surface area contributed by atoms with Crippen LogP contribution in [0, 0.1) is 5.92 Å². The van der Waals surface area contributed by atoms with Gasteiger partial charge in [0, 0.05) is 16.7 Å². The second-order valence-corrected chi connectivity index (χ2v) is 9.01. The minimum absolute atomic E-state index is 0.00728. The van der Waals surface area contributed by atoms with Crippen LogP contribution in [0.5, 0.6) is 11.5 Å². The van der Waals surface area contributed by atoms with Gasteiger partial charge in [-0.2, -0.15) is 0 Å². The summed E-state index contributed by atoms with van der Waals surface area (Å²) in [7, 11) is 0. The number of hydrogen-bond acceptors (Lipinski definition) is 6. The number of phenolic OH excluding ortho intramolecular Hbond substituents is 2. The second-order valence-electron chi connectivity index (χ2n) is 7.96. The van der Waals surface area contributed by atoms with Crippen molar-refractivity contribution in [3.8, 4) is 11.5 Å². The third-order valence-corrected chi connectivity index (χ3v) is 7.03. The third-order valence-electron chi connectivity index (χ3n) is 5.84. The Morgan fingerprint density at radius 1 is 0.970 bits per heavy atom. The first-order valence-corrected chi connectivity index (χ1v) is 11.7. The fraction of sp³-hybridized carbons (Fsp3) is 0.148. The smallest absolute Gasteiger partial charge is 0.173 e. The molecule has 164 valence electrons. The van der Waals surface area contributed by atoms with Gasteiger partial charge in [-0.3, -0.25) is 9.79 Å². The molecule has 2 aliphatic rings. The van der Waals surface area contributed by atoms with Crippen molar-refractivity contribution >= 4 is 29.1 Å². The maximum Gasteiger partial charge on any atom is 0.173 e. The molecular formula is C27H22N2O3S. The second kappa shape index (κ2) is 9.08. The summed E-state index contributed by atoms with van der Waals surface area (Å²) < 4.78 is 0. The molecular weight excluding hydrogens is 432 g/mol. The predicted octanol–water partition coefficient (Wildman–Crippen LogP) is 5.02. The van der Waals surface area contributed by atoms with Crippen LogP contribution in [0.3, 0.4) is 0 Å². The minimum atomic E-state index is -0.292. The molecule has 1 atom stereocenters. The van der Waals surface area contributed by atoms with Gasteiger partial charge >= 0.3 is 0 Å². The summed E-state index contributed by atoms with van der Waals surface area (Å²) in [6.07, 6.45) is 2.95. The van der Waals surface area contributed by atoms with E-state index in [0.717, 1.165) is 34.0 Å². The maximum atomic E-state index is 12.8. The number of carbonyl (C=O) groups excluding carboxylic acids is 1. The van der Waals surface area contributed by atoms with E-state index in [0.29, 0.717) is 12.1 Å². The fourth-order valence-electron chi connectivity index (χ4n) is 4.10. The van der Waals surface area contributed by atoms with Gasteiger partial charge in [0.15, 0.2) is 23.1 Å². The van der Waals surface area contributed by atoms with Gasteiger partial charge in [0.1, 0.15) is 0 Å². The summed E-state index contributed by atoms with van der Waals surface area (Å²) in [5, 5.41) is 19.2. The van der Waals surface area contributed by atoms with E-state index in [-0.39, 0.29) is 29.0 Å². The van der Waals surface area contributed by atoms with E-state index < -0.39 is 0 Å². The van der Waals surface area contributed by atoms with Crippen molar-refractivity contribution in [2.75, 3.05) is 12.3 Å². The summed E-state index contributed by atoms with van der Waals surface area (Å²) in [4.78, 5) is 23.6. The standard InChI is InChI=1S/C27H22N2O3S/c30-22-12-10-19(14-23(22)31)24(32)16-33-25-13-11-17-6-4-5-9-20(17)26-21(25)15-28-27(29-26)18-7-2-1-3-8-18/h1-10,12-14,21,30-31H,11,15-16H2. The van der Waals surface area contributed by atoms with Crippen LogP contribution in [-0.4, -0.2) is 39.8 Å². The normalized spacial score (nSPS) is 17.1. The molecule has 0 saturated carbocycles. The topological polar surface area (TPSA) is 82.2 Å². The Morgan fingerprint density at radius 2 is 1.76 bits per heavy atom. The van der Waals surface area contributed by atoms with Crippen molar-refractivity contribution in [3.63, 3.8) is 0 Å². The van der Waals surface area contributed by atoms with Gasteiger partial charge in [0.05, 0.1) is 23.9 Å². The number of aliphatic imine (C=N–C) groups is 2.